The number of likely N-dealkylation sites (N-methyl/N-ethyl adjacent to an activating group) is 1. The molecule has 2 atom stereocenters. The van der Waals surface area contributed by atoms with E-state index >= 15 is 0 Å². The average Bonchev–Trinajstić information content (AvgIpc) is 3.49. The van der Waals surface area contributed by atoms with Crippen LogP contribution in [0.25, 0.3) is 0 Å². The minimum atomic E-state index is -1.04. The van der Waals surface area contributed by atoms with Crippen LogP contribution in [0.1, 0.15) is 58.9 Å². The van der Waals surface area contributed by atoms with E-state index in [4.69, 9.17) is 16.6 Å². The first-order valence-electron chi connectivity index (χ1n) is 20.0. The van der Waals surface area contributed by atoms with Gasteiger partial charge in [0.25, 0.3) is 11.8 Å². The molecule has 2 aromatic carbocycles. The van der Waals surface area contributed by atoms with Crippen molar-refractivity contribution in [3.63, 3.8) is 0 Å². The zero-order chi connectivity index (χ0) is 40.9. The molecule has 0 radical (unpaired) electrons. The number of aromatic nitrogens is 1. The predicted molar refractivity (Wildman–Crippen MR) is 232 cm³/mol. The van der Waals surface area contributed by atoms with E-state index in [1.54, 1.807) is 24.4 Å². The molecule has 1 aromatic heterocycles. The number of pyridine rings is 1. The molecule has 5 heterocycles. The maximum Gasteiger partial charge on any atom is 0.322 e. The Kier molecular flexibility index (Phi) is 14.0. The molecule has 17 heteroatoms. The number of nitrogens with one attached hydrogen (secondary N) is 2. The van der Waals surface area contributed by atoms with Crippen LogP contribution in [0.3, 0.4) is 0 Å². The van der Waals surface area contributed by atoms with Gasteiger partial charge >= 0.3 is 6.03 Å². The van der Waals surface area contributed by atoms with Crippen molar-refractivity contribution in [3.8, 4) is 6.07 Å². The van der Waals surface area contributed by atoms with Gasteiger partial charge in [0.1, 0.15) is 24.2 Å². The van der Waals surface area contributed by atoms with Crippen molar-refractivity contribution in [2.45, 2.75) is 44.7 Å². The Labute approximate surface area is 356 Å². The topological polar surface area (TPSA) is 166 Å². The lowest BCUT2D eigenvalue weighted by Gasteiger charge is -2.41. The number of nitriles is 1. The van der Waals surface area contributed by atoms with Gasteiger partial charge in [-0.1, -0.05) is 11.6 Å². The van der Waals surface area contributed by atoms with E-state index in [2.05, 4.69) is 43.2 Å². The molecular formula is C42H51ClN10O5S. The number of carbonyl (C=O) groups is 5. The molecule has 312 valence electrons. The van der Waals surface area contributed by atoms with Gasteiger partial charge < -0.3 is 35.0 Å². The second-order valence-electron chi connectivity index (χ2n) is 15.4. The van der Waals surface area contributed by atoms with Crippen LogP contribution in [0, 0.1) is 17.2 Å². The molecule has 4 aliphatic rings. The summed E-state index contributed by atoms with van der Waals surface area (Å²) in [5, 5.41) is 15.1. The van der Waals surface area contributed by atoms with Gasteiger partial charge in [-0.05, 0) is 80.6 Å². The number of urea groups is 1. The third kappa shape index (κ3) is 9.43. The van der Waals surface area contributed by atoms with E-state index in [0.717, 1.165) is 80.7 Å². The molecular weight excluding hydrogens is 792 g/mol. The summed E-state index contributed by atoms with van der Waals surface area (Å²) >= 11 is 6.27. The molecule has 59 heavy (non-hydrogen) atoms. The fourth-order valence-electron chi connectivity index (χ4n) is 8.54. The summed E-state index contributed by atoms with van der Waals surface area (Å²) in [6.07, 6.45) is 4.66. The number of piperidine rings is 1. The number of benzene rings is 2. The van der Waals surface area contributed by atoms with Crippen molar-refractivity contribution in [3.05, 3.63) is 76.4 Å². The molecule has 5 amide bonds. The Balaban J connectivity index is 0.00000585. The Hall–Kier alpha value is -5.37. The van der Waals surface area contributed by atoms with E-state index < -0.39 is 23.8 Å². The van der Waals surface area contributed by atoms with Gasteiger partial charge in [0, 0.05) is 96.3 Å². The zero-order valence-corrected chi connectivity index (χ0v) is 35.2. The minimum absolute atomic E-state index is 0. The lowest BCUT2D eigenvalue weighted by molar-refractivity contribution is -0.124. The van der Waals surface area contributed by atoms with E-state index in [1.807, 2.05) is 35.2 Å². The summed E-state index contributed by atoms with van der Waals surface area (Å²) in [4.78, 5) is 80.1. The van der Waals surface area contributed by atoms with Gasteiger partial charge in [-0.3, -0.25) is 24.2 Å². The van der Waals surface area contributed by atoms with Crippen LogP contribution in [0.2, 0.25) is 5.02 Å². The van der Waals surface area contributed by atoms with Crippen molar-refractivity contribution in [1.29, 1.82) is 5.26 Å². The maximum absolute atomic E-state index is 13.4. The highest BCUT2D eigenvalue weighted by atomic mass is 35.5. The normalized spacial score (nSPS) is 19.2. The number of halogens is 1. The van der Waals surface area contributed by atoms with Crippen LogP contribution in [0.5, 0.6) is 0 Å². The second-order valence-corrected chi connectivity index (χ2v) is 15.8. The lowest BCUT2D eigenvalue weighted by Crippen LogP contribution is -2.54. The highest BCUT2D eigenvalue weighted by Crippen LogP contribution is 2.32. The van der Waals surface area contributed by atoms with E-state index in [-0.39, 0.29) is 44.0 Å². The SMILES string of the molecule is CNC(=O)C(CCC=O)N1C(=O)c2ccc(N3CCN(CC4CCN(c5ccc(NC(=O)N6CCN(c7ccc(C#N)c(Cl)c7)C(C)C6)cn5)CC4)CC3)cc2C1=O.S. The number of carbonyl (C=O) groups excluding carboxylic acids is 5. The van der Waals surface area contributed by atoms with Crippen molar-refractivity contribution in [2.75, 3.05) is 92.5 Å². The minimum Gasteiger partial charge on any atom is -0.369 e. The van der Waals surface area contributed by atoms with E-state index in [9.17, 15) is 29.2 Å². The molecule has 15 nitrogen and oxygen atoms in total. The summed E-state index contributed by atoms with van der Waals surface area (Å²) in [6.45, 7) is 10.0. The molecule has 3 fully saturated rings. The Morgan fingerprint density at radius 2 is 1.66 bits per heavy atom. The van der Waals surface area contributed by atoms with E-state index in [0.29, 0.717) is 53.7 Å². The first-order valence-corrected chi connectivity index (χ1v) is 20.3. The second kappa shape index (κ2) is 19.1. The smallest absolute Gasteiger partial charge is 0.322 e. The van der Waals surface area contributed by atoms with Gasteiger partial charge in [0.15, 0.2) is 0 Å². The molecule has 0 saturated carbocycles. The standard InChI is InChI=1S/C42H49ClN10O5.H2S/c1-28-26-51(19-20-52(28)33-7-5-30(24-44)36(43)23-33)42(58)47-31-6-10-38(46-25-31)50-13-11-29(12-14-50)27-48-15-17-49(18-16-48)32-8-9-34-35(22-32)41(57)53(40(34)56)37(4-3-21-54)39(55)45-2;/h5-10,21-23,25,28-29,37H,3-4,11-20,26-27H2,1-2H3,(H,45,55)(H,47,58);1H2. The van der Waals surface area contributed by atoms with Crippen molar-refractivity contribution in [2.24, 2.45) is 5.92 Å². The van der Waals surface area contributed by atoms with Gasteiger partial charge in [-0.2, -0.15) is 18.8 Å². The zero-order valence-electron chi connectivity index (χ0n) is 33.4. The molecule has 2 N–H and O–H groups in total. The third-order valence-electron chi connectivity index (χ3n) is 11.8. The number of hydrogen-bond donors (Lipinski definition) is 2. The largest absolute Gasteiger partial charge is 0.369 e. The summed E-state index contributed by atoms with van der Waals surface area (Å²) in [6, 6.07) is 15.6. The number of imide groups is 1. The van der Waals surface area contributed by atoms with Gasteiger partial charge in [-0.15, -0.1) is 0 Å². The fraction of sp³-hybridized carbons (Fsp3) is 0.452. The van der Waals surface area contributed by atoms with Crippen molar-refractivity contribution < 1.29 is 24.0 Å². The molecule has 3 saturated heterocycles. The summed E-state index contributed by atoms with van der Waals surface area (Å²) in [7, 11) is 1.45. The molecule has 2 unspecified atom stereocenters. The van der Waals surface area contributed by atoms with Gasteiger partial charge in [0.05, 0.1) is 33.6 Å². The highest BCUT2D eigenvalue weighted by molar-refractivity contribution is 7.59. The van der Waals surface area contributed by atoms with Crippen LogP contribution in [-0.4, -0.2) is 134 Å². The number of piperazine rings is 2. The highest BCUT2D eigenvalue weighted by Gasteiger charge is 2.43. The first kappa shape index (κ1) is 43.2. The van der Waals surface area contributed by atoms with Crippen molar-refractivity contribution >= 4 is 78.0 Å². The number of nitrogens with zero attached hydrogens (tertiary/aromatic N) is 8. The number of anilines is 4. The number of fused-ring (bicyclic) bond motifs is 1. The number of amides is 5. The molecule has 7 rings (SSSR count). The van der Waals surface area contributed by atoms with Crippen LogP contribution in [0.15, 0.2) is 54.7 Å². The van der Waals surface area contributed by atoms with E-state index in [1.165, 1.54) is 7.05 Å². The van der Waals surface area contributed by atoms with Crippen LogP contribution >= 0.6 is 25.1 Å². The quantitative estimate of drug-likeness (QED) is 0.210. The fourth-order valence-corrected chi connectivity index (χ4v) is 8.76. The summed E-state index contributed by atoms with van der Waals surface area (Å²) < 4.78 is 0. The van der Waals surface area contributed by atoms with Gasteiger partial charge in [0.2, 0.25) is 5.91 Å². The maximum atomic E-state index is 13.4. The van der Waals surface area contributed by atoms with Crippen LogP contribution in [-0.2, 0) is 9.59 Å². The first-order chi connectivity index (χ1) is 28.1. The van der Waals surface area contributed by atoms with Crippen LogP contribution in [0.4, 0.5) is 27.7 Å². The Bertz CT molecular complexity index is 2080. The van der Waals surface area contributed by atoms with Crippen molar-refractivity contribution in [1.82, 2.24) is 25.0 Å². The van der Waals surface area contributed by atoms with Crippen LogP contribution < -0.4 is 25.3 Å². The summed E-state index contributed by atoms with van der Waals surface area (Å²) in [5.74, 6) is -0.0212. The average molecular weight is 843 g/mol. The number of rotatable bonds is 11. The van der Waals surface area contributed by atoms with Gasteiger partial charge in [-0.25, -0.2) is 9.78 Å². The monoisotopic (exact) mass is 842 g/mol. The Morgan fingerprint density at radius 1 is 0.932 bits per heavy atom. The molecule has 0 aliphatic carbocycles. The molecule has 0 bridgehead atoms. The molecule has 4 aliphatic heterocycles. The molecule has 0 spiro atoms. The summed E-state index contributed by atoms with van der Waals surface area (Å²) in [5.41, 5.74) is 3.47. The molecule has 3 aromatic rings. The Morgan fingerprint density at radius 3 is 2.31 bits per heavy atom. The number of hydrogen-bond acceptors (Lipinski definition) is 11. The number of aldehydes is 1. The predicted octanol–water partition coefficient (Wildman–Crippen LogP) is 4.19. The third-order valence-corrected chi connectivity index (χ3v) is 12.1. The lowest BCUT2D eigenvalue weighted by atomic mass is 9.96.